The van der Waals surface area contributed by atoms with Gasteiger partial charge in [0.05, 0.1) is 8.07 Å². The van der Waals surface area contributed by atoms with Crippen molar-refractivity contribution in [2.45, 2.75) is 18.1 Å². The summed E-state index contributed by atoms with van der Waals surface area (Å²) in [6.07, 6.45) is 8.44. The minimum atomic E-state index is -1.64. The predicted molar refractivity (Wildman–Crippen MR) is 112 cm³/mol. The number of rotatable bonds is 9. The molecule has 0 spiro atoms. The number of hydrogen-bond acceptors (Lipinski definition) is 0. The molecular formula is C23H26Si. The fourth-order valence-electron chi connectivity index (χ4n) is 3.11. The molecule has 0 aliphatic carbocycles. The average molecular weight is 331 g/mol. The van der Waals surface area contributed by atoms with Crippen LogP contribution < -0.4 is 0 Å². The molecule has 0 fully saturated rings. The molecule has 0 bridgehead atoms. The van der Waals surface area contributed by atoms with Gasteiger partial charge >= 0.3 is 0 Å². The van der Waals surface area contributed by atoms with E-state index >= 15 is 0 Å². The Labute approximate surface area is 147 Å². The van der Waals surface area contributed by atoms with Crippen LogP contribution in [0.1, 0.15) is 5.56 Å². The third kappa shape index (κ3) is 4.56. The van der Waals surface area contributed by atoms with Gasteiger partial charge in [0.1, 0.15) is 0 Å². The standard InChI is InChI=1S/C23H26Si/c1-4-17-24(18-5-2,19-6-3)20-16-22-14-10-11-15-23(22)21-12-8-7-9-13-21/h4-16,20H,1-3,17-19H2. The first-order valence-corrected chi connectivity index (χ1v) is 11.1. The smallest absolute Gasteiger partial charge is 0.0888 e. The highest BCUT2D eigenvalue weighted by molar-refractivity contribution is 6.86. The summed E-state index contributed by atoms with van der Waals surface area (Å²) in [7, 11) is -1.64. The van der Waals surface area contributed by atoms with Crippen molar-refractivity contribution < 1.29 is 0 Å². The Morgan fingerprint density at radius 3 is 1.83 bits per heavy atom. The second-order valence-electron chi connectivity index (χ2n) is 6.13. The Hall–Kier alpha value is -2.38. The molecule has 2 rings (SSSR count). The molecule has 0 saturated heterocycles. The van der Waals surface area contributed by atoms with Crippen LogP contribution in [-0.2, 0) is 0 Å². The lowest BCUT2D eigenvalue weighted by atomic mass is 10.00. The van der Waals surface area contributed by atoms with E-state index in [1.165, 1.54) is 16.7 Å². The summed E-state index contributed by atoms with van der Waals surface area (Å²) in [6, 6.07) is 22.3. The molecule has 0 heterocycles. The molecule has 0 aromatic heterocycles. The topological polar surface area (TPSA) is 0 Å². The molecule has 0 atom stereocenters. The normalized spacial score (nSPS) is 11.3. The van der Waals surface area contributed by atoms with E-state index in [0.717, 1.165) is 18.1 Å². The van der Waals surface area contributed by atoms with Crippen LogP contribution in [0.5, 0.6) is 0 Å². The van der Waals surface area contributed by atoms with Gasteiger partial charge in [-0.25, -0.2) is 0 Å². The van der Waals surface area contributed by atoms with E-state index in [1.54, 1.807) is 0 Å². The predicted octanol–water partition coefficient (Wildman–Crippen LogP) is 6.91. The van der Waals surface area contributed by atoms with Gasteiger partial charge in [0.15, 0.2) is 0 Å². The van der Waals surface area contributed by atoms with Gasteiger partial charge in [0.25, 0.3) is 0 Å². The summed E-state index contributed by atoms with van der Waals surface area (Å²) in [4.78, 5) is 0. The van der Waals surface area contributed by atoms with E-state index in [-0.39, 0.29) is 0 Å². The molecule has 0 unspecified atom stereocenters. The first kappa shape index (κ1) is 18.0. The monoisotopic (exact) mass is 330 g/mol. The lowest BCUT2D eigenvalue weighted by Crippen LogP contribution is -2.29. The van der Waals surface area contributed by atoms with E-state index in [0.29, 0.717) is 0 Å². The summed E-state index contributed by atoms with van der Waals surface area (Å²) in [6.45, 7) is 11.9. The number of allylic oxidation sites excluding steroid dienone is 3. The SMILES string of the molecule is C=CC[Si](C=Cc1ccccc1-c1ccccc1)(CC=C)CC=C. The van der Waals surface area contributed by atoms with Crippen LogP contribution in [0, 0.1) is 0 Å². The van der Waals surface area contributed by atoms with Crippen LogP contribution >= 0.6 is 0 Å². The van der Waals surface area contributed by atoms with Crippen molar-refractivity contribution in [3.05, 3.63) is 104 Å². The van der Waals surface area contributed by atoms with Crippen molar-refractivity contribution in [2.75, 3.05) is 0 Å². The molecule has 2 aromatic rings. The van der Waals surface area contributed by atoms with Crippen molar-refractivity contribution in [3.8, 4) is 11.1 Å². The quantitative estimate of drug-likeness (QED) is 0.346. The summed E-state index contributed by atoms with van der Waals surface area (Å²) < 4.78 is 0. The van der Waals surface area contributed by atoms with Crippen molar-refractivity contribution >= 4 is 14.1 Å². The Bertz CT molecular complexity index is 683. The molecule has 1 heteroatoms. The van der Waals surface area contributed by atoms with Crippen molar-refractivity contribution in [3.63, 3.8) is 0 Å². The lowest BCUT2D eigenvalue weighted by molar-refractivity contribution is 1.39. The van der Waals surface area contributed by atoms with Gasteiger partial charge in [-0.1, -0.05) is 84.6 Å². The van der Waals surface area contributed by atoms with Crippen LogP contribution in [-0.4, -0.2) is 8.07 Å². The Kier molecular flexibility index (Phi) is 6.77. The van der Waals surface area contributed by atoms with E-state index in [1.807, 2.05) is 18.2 Å². The zero-order chi connectivity index (χ0) is 17.3. The van der Waals surface area contributed by atoms with Gasteiger partial charge in [-0.15, -0.1) is 19.7 Å². The van der Waals surface area contributed by atoms with Crippen LogP contribution in [0.4, 0.5) is 0 Å². The maximum atomic E-state index is 3.96. The fourth-order valence-corrected chi connectivity index (χ4v) is 6.27. The second kappa shape index (κ2) is 9.04. The molecule has 0 saturated carbocycles. The van der Waals surface area contributed by atoms with E-state index in [9.17, 15) is 0 Å². The lowest BCUT2D eigenvalue weighted by Gasteiger charge is -2.24. The Morgan fingerprint density at radius 1 is 0.708 bits per heavy atom. The Morgan fingerprint density at radius 2 is 1.25 bits per heavy atom. The fraction of sp³-hybridized carbons (Fsp3) is 0.130. The summed E-state index contributed by atoms with van der Waals surface area (Å²) in [5.41, 5.74) is 6.23. The Balaban J connectivity index is 2.41. The van der Waals surface area contributed by atoms with Gasteiger partial charge in [0.2, 0.25) is 0 Å². The van der Waals surface area contributed by atoms with Crippen LogP contribution in [0.2, 0.25) is 18.1 Å². The molecule has 0 radical (unpaired) electrons. The largest absolute Gasteiger partial charge is 0.103 e. The van der Waals surface area contributed by atoms with Crippen LogP contribution in [0.15, 0.2) is 98.3 Å². The van der Waals surface area contributed by atoms with Crippen molar-refractivity contribution in [2.24, 2.45) is 0 Å². The zero-order valence-electron chi connectivity index (χ0n) is 14.3. The van der Waals surface area contributed by atoms with Gasteiger partial charge < -0.3 is 0 Å². The molecule has 0 aliphatic rings. The average Bonchev–Trinajstić information content (AvgIpc) is 2.62. The van der Waals surface area contributed by atoms with Crippen molar-refractivity contribution in [1.82, 2.24) is 0 Å². The summed E-state index contributed by atoms with van der Waals surface area (Å²) >= 11 is 0. The molecule has 24 heavy (non-hydrogen) atoms. The van der Waals surface area contributed by atoms with Gasteiger partial charge in [-0.3, -0.25) is 0 Å². The third-order valence-electron chi connectivity index (χ3n) is 4.31. The number of hydrogen-bond donors (Lipinski definition) is 0. The molecule has 0 nitrogen and oxygen atoms in total. The molecule has 2 aromatic carbocycles. The molecule has 0 N–H and O–H groups in total. The highest BCUT2D eigenvalue weighted by atomic mass is 28.3. The van der Waals surface area contributed by atoms with Gasteiger partial charge in [0, 0.05) is 0 Å². The first-order valence-electron chi connectivity index (χ1n) is 8.41. The molecule has 0 amide bonds. The van der Waals surface area contributed by atoms with Crippen LogP contribution in [0.25, 0.3) is 17.2 Å². The molecule has 0 aliphatic heterocycles. The van der Waals surface area contributed by atoms with E-state index < -0.39 is 8.07 Å². The highest BCUT2D eigenvalue weighted by Crippen LogP contribution is 2.28. The summed E-state index contributed by atoms with van der Waals surface area (Å²) in [5, 5.41) is 0. The third-order valence-corrected chi connectivity index (χ3v) is 8.49. The van der Waals surface area contributed by atoms with Crippen LogP contribution in [0.3, 0.4) is 0 Å². The summed E-state index contributed by atoms with van der Waals surface area (Å²) in [5.74, 6) is 0. The first-order chi connectivity index (χ1) is 11.7. The minimum absolute atomic E-state index is 1.05. The van der Waals surface area contributed by atoms with E-state index in [4.69, 9.17) is 0 Å². The van der Waals surface area contributed by atoms with Crippen molar-refractivity contribution in [1.29, 1.82) is 0 Å². The molecular weight excluding hydrogens is 304 g/mol. The zero-order valence-corrected chi connectivity index (χ0v) is 15.3. The minimum Gasteiger partial charge on any atom is -0.103 e. The highest BCUT2D eigenvalue weighted by Gasteiger charge is 2.25. The van der Waals surface area contributed by atoms with Gasteiger partial charge in [-0.2, -0.15) is 0 Å². The van der Waals surface area contributed by atoms with E-state index in [2.05, 4.69) is 86.1 Å². The maximum absolute atomic E-state index is 3.96. The molecule has 122 valence electrons. The maximum Gasteiger partial charge on any atom is 0.0888 e. The second-order valence-corrected chi connectivity index (χ2v) is 10.4. The van der Waals surface area contributed by atoms with Gasteiger partial charge in [-0.05, 0) is 34.8 Å². The number of benzene rings is 2.